The number of hydrogen-bond donors (Lipinski definition) is 0. The van der Waals surface area contributed by atoms with Crippen molar-refractivity contribution in [3.63, 3.8) is 0 Å². The Hall–Kier alpha value is -4.03. The molecule has 0 unspecified atom stereocenters. The normalized spacial score (nSPS) is 18.2. The molecule has 2 aromatic rings. The van der Waals surface area contributed by atoms with Gasteiger partial charge in [0.25, 0.3) is 11.8 Å². The van der Waals surface area contributed by atoms with Gasteiger partial charge in [0.15, 0.2) is 0 Å². The number of benzene rings is 2. The van der Waals surface area contributed by atoms with Crippen LogP contribution in [0.15, 0.2) is 36.4 Å². The zero-order valence-electron chi connectivity index (χ0n) is 19.1. The van der Waals surface area contributed by atoms with Crippen molar-refractivity contribution in [3.05, 3.63) is 58.7 Å². The van der Waals surface area contributed by atoms with E-state index < -0.39 is 18.0 Å². The SMILES string of the molecule is O=C(OCC1c2cc(C#CC3CC3)ccc2-c2ccc(C#CC3CC3)cc21)ON1C(=O)CCC1=O. The van der Waals surface area contributed by atoms with Gasteiger partial charge in [-0.25, -0.2) is 4.79 Å². The topological polar surface area (TPSA) is 72.9 Å². The van der Waals surface area contributed by atoms with Gasteiger partial charge in [0, 0.05) is 41.7 Å². The van der Waals surface area contributed by atoms with Crippen molar-refractivity contribution in [2.75, 3.05) is 6.61 Å². The molecule has 1 saturated heterocycles. The Morgan fingerprint density at radius 1 is 0.829 bits per heavy atom. The first-order valence-electron chi connectivity index (χ1n) is 12.1. The highest BCUT2D eigenvalue weighted by atomic mass is 16.8. The first-order chi connectivity index (χ1) is 17.0. The number of hydrogen-bond acceptors (Lipinski definition) is 5. The van der Waals surface area contributed by atoms with E-state index in [1.54, 1.807) is 0 Å². The second kappa shape index (κ2) is 8.64. The van der Waals surface area contributed by atoms with Gasteiger partial charge in [-0.3, -0.25) is 14.4 Å². The molecule has 6 heteroatoms. The number of ether oxygens (including phenoxy) is 1. The maximum atomic E-state index is 12.3. The van der Waals surface area contributed by atoms with E-state index in [-0.39, 0.29) is 25.4 Å². The van der Waals surface area contributed by atoms with Crippen molar-refractivity contribution < 1.29 is 24.0 Å². The van der Waals surface area contributed by atoms with Crippen LogP contribution in [0.3, 0.4) is 0 Å². The van der Waals surface area contributed by atoms with Crippen LogP contribution in [0.4, 0.5) is 4.79 Å². The number of nitrogens with zero attached hydrogens (tertiary/aromatic N) is 1. The summed E-state index contributed by atoms with van der Waals surface area (Å²) in [5, 5.41) is 0.496. The Kier molecular flexibility index (Phi) is 5.30. The highest BCUT2D eigenvalue weighted by molar-refractivity contribution is 6.01. The summed E-state index contributed by atoms with van der Waals surface area (Å²) in [6, 6.07) is 12.3. The molecular formula is C29H23NO5. The van der Waals surface area contributed by atoms with Crippen LogP contribution in [0.1, 0.15) is 66.7 Å². The summed E-state index contributed by atoms with van der Waals surface area (Å²) in [4.78, 5) is 40.7. The Labute approximate surface area is 203 Å². The van der Waals surface area contributed by atoms with Crippen LogP contribution in [-0.2, 0) is 19.2 Å². The third-order valence-corrected chi connectivity index (χ3v) is 6.68. The molecule has 3 aliphatic carbocycles. The van der Waals surface area contributed by atoms with Gasteiger partial charge in [-0.2, -0.15) is 0 Å². The summed E-state index contributed by atoms with van der Waals surface area (Å²) in [5.74, 6) is 12.8. The summed E-state index contributed by atoms with van der Waals surface area (Å²) >= 11 is 0. The number of carbonyl (C=O) groups is 3. The van der Waals surface area contributed by atoms with Gasteiger partial charge in [0.05, 0.1) is 0 Å². The van der Waals surface area contributed by atoms with E-state index >= 15 is 0 Å². The summed E-state index contributed by atoms with van der Waals surface area (Å²) in [6.07, 6.45) is 3.64. The van der Waals surface area contributed by atoms with E-state index in [2.05, 4.69) is 47.9 Å². The van der Waals surface area contributed by atoms with E-state index in [9.17, 15) is 14.4 Å². The second-order valence-electron chi connectivity index (χ2n) is 9.48. The summed E-state index contributed by atoms with van der Waals surface area (Å²) < 4.78 is 5.42. The van der Waals surface area contributed by atoms with Crippen LogP contribution in [0.5, 0.6) is 0 Å². The van der Waals surface area contributed by atoms with Gasteiger partial charge in [-0.15, -0.1) is 0 Å². The molecule has 2 saturated carbocycles. The van der Waals surface area contributed by atoms with Crippen molar-refractivity contribution in [1.29, 1.82) is 0 Å². The lowest BCUT2D eigenvalue weighted by Gasteiger charge is -2.16. The molecule has 1 aliphatic heterocycles. The number of fused-ring (bicyclic) bond motifs is 3. The summed E-state index contributed by atoms with van der Waals surface area (Å²) in [5.41, 5.74) is 6.05. The molecule has 6 nitrogen and oxygen atoms in total. The number of rotatable bonds is 3. The largest absolute Gasteiger partial charge is 0.533 e. The molecule has 6 rings (SSSR count). The molecule has 0 spiro atoms. The summed E-state index contributed by atoms with van der Waals surface area (Å²) in [6.45, 7) is 0.00800. The zero-order valence-corrected chi connectivity index (χ0v) is 19.1. The quantitative estimate of drug-likeness (QED) is 0.378. The lowest BCUT2D eigenvalue weighted by molar-refractivity contribution is -0.177. The maximum Gasteiger partial charge on any atom is 0.533 e. The molecule has 174 valence electrons. The molecule has 2 aromatic carbocycles. The van der Waals surface area contributed by atoms with Crippen molar-refractivity contribution in [2.45, 2.75) is 44.4 Å². The van der Waals surface area contributed by atoms with Crippen LogP contribution in [0.25, 0.3) is 11.1 Å². The lowest BCUT2D eigenvalue weighted by atomic mass is 9.95. The van der Waals surface area contributed by atoms with Crippen LogP contribution >= 0.6 is 0 Å². The molecule has 3 fully saturated rings. The van der Waals surface area contributed by atoms with Gasteiger partial charge in [-0.1, -0.05) is 40.9 Å². The van der Waals surface area contributed by atoms with Crippen LogP contribution in [-0.4, -0.2) is 29.6 Å². The average molecular weight is 466 g/mol. The number of imide groups is 1. The minimum atomic E-state index is -1.07. The Balaban J connectivity index is 1.27. The number of amides is 2. The third kappa shape index (κ3) is 4.53. The molecule has 2 amide bonds. The smallest absolute Gasteiger partial charge is 0.432 e. The van der Waals surface area contributed by atoms with Crippen molar-refractivity contribution in [2.24, 2.45) is 11.8 Å². The van der Waals surface area contributed by atoms with Gasteiger partial charge in [0.1, 0.15) is 6.61 Å². The summed E-state index contributed by atoms with van der Waals surface area (Å²) in [7, 11) is 0. The molecule has 1 heterocycles. The van der Waals surface area contributed by atoms with Gasteiger partial charge < -0.3 is 4.74 Å². The van der Waals surface area contributed by atoms with Crippen molar-refractivity contribution in [3.8, 4) is 34.8 Å². The Morgan fingerprint density at radius 3 is 1.83 bits per heavy atom. The van der Waals surface area contributed by atoms with E-state index in [0.717, 1.165) is 59.1 Å². The van der Waals surface area contributed by atoms with Crippen molar-refractivity contribution >= 4 is 18.0 Å². The van der Waals surface area contributed by atoms with E-state index in [4.69, 9.17) is 9.57 Å². The fraction of sp³-hybridized carbons (Fsp3) is 0.345. The highest BCUT2D eigenvalue weighted by Crippen LogP contribution is 2.45. The fourth-order valence-electron chi connectivity index (χ4n) is 4.43. The maximum absolute atomic E-state index is 12.3. The van der Waals surface area contributed by atoms with E-state index in [1.165, 1.54) is 0 Å². The van der Waals surface area contributed by atoms with Gasteiger partial charge in [-0.05, 0) is 72.2 Å². The van der Waals surface area contributed by atoms with E-state index in [1.807, 2.05) is 12.1 Å². The van der Waals surface area contributed by atoms with E-state index in [0.29, 0.717) is 16.9 Å². The molecule has 0 N–H and O–H groups in total. The van der Waals surface area contributed by atoms with Crippen LogP contribution in [0, 0.1) is 35.5 Å². The molecule has 0 radical (unpaired) electrons. The van der Waals surface area contributed by atoms with Crippen LogP contribution < -0.4 is 0 Å². The molecule has 4 aliphatic rings. The monoisotopic (exact) mass is 465 g/mol. The first kappa shape index (κ1) is 21.5. The fourth-order valence-corrected chi connectivity index (χ4v) is 4.43. The number of carbonyl (C=O) groups excluding carboxylic acids is 3. The van der Waals surface area contributed by atoms with Gasteiger partial charge >= 0.3 is 6.16 Å². The Morgan fingerprint density at radius 2 is 1.34 bits per heavy atom. The first-order valence-corrected chi connectivity index (χ1v) is 12.1. The minimum Gasteiger partial charge on any atom is -0.432 e. The zero-order chi connectivity index (χ0) is 23.9. The predicted molar refractivity (Wildman–Crippen MR) is 126 cm³/mol. The molecule has 0 bridgehead atoms. The predicted octanol–water partition coefficient (Wildman–Crippen LogP) is 4.54. The molecule has 35 heavy (non-hydrogen) atoms. The Bertz CT molecular complexity index is 1280. The second-order valence-corrected chi connectivity index (χ2v) is 9.48. The van der Waals surface area contributed by atoms with Gasteiger partial charge in [0.2, 0.25) is 0 Å². The van der Waals surface area contributed by atoms with Crippen LogP contribution in [0.2, 0.25) is 0 Å². The standard InChI is InChI=1S/C29H23NO5/c31-27-13-14-28(32)30(27)35-29(33)34-17-26-24-15-20(7-5-18-1-2-18)9-11-22(24)23-12-10-21(16-25(23)26)8-6-19-3-4-19/h9-12,15-16,18-19,26H,1-4,13-14,17H2. The van der Waals surface area contributed by atoms with Crippen molar-refractivity contribution in [1.82, 2.24) is 5.06 Å². The average Bonchev–Trinajstić information content (AvgIpc) is 3.79. The lowest BCUT2D eigenvalue weighted by Crippen LogP contribution is -2.32. The molecule has 0 atom stereocenters. The third-order valence-electron chi connectivity index (χ3n) is 6.68. The highest BCUT2D eigenvalue weighted by Gasteiger charge is 2.35. The molecular weight excluding hydrogens is 442 g/mol. The minimum absolute atomic E-state index is 0.00800. The molecule has 0 aromatic heterocycles. The number of hydroxylamine groups is 2.